The van der Waals surface area contributed by atoms with E-state index in [1.54, 1.807) is 0 Å². The molecule has 2 fully saturated rings. The fourth-order valence-corrected chi connectivity index (χ4v) is 3.33. The molecular weight excluding hydrogens is 248 g/mol. The lowest BCUT2D eigenvalue weighted by Gasteiger charge is -2.33. The first-order valence-corrected chi connectivity index (χ1v) is 7.08. The van der Waals surface area contributed by atoms with Gasteiger partial charge in [-0.15, -0.1) is 12.4 Å². The fraction of sp³-hybridized carbons (Fsp3) is 0.929. The number of nitrogens with two attached hydrogens (primary N) is 1. The van der Waals surface area contributed by atoms with E-state index in [0.717, 1.165) is 13.1 Å². The molecule has 2 rings (SSSR count). The Bertz CT molecular complexity index is 288. The van der Waals surface area contributed by atoms with Crippen LogP contribution in [-0.2, 0) is 4.79 Å². The number of nitrogens with zero attached hydrogens (tertiary/aromatic N) is 1. The zero-order chi connectivity index (χ0) is 12.5. The van der Waals surface area contributed by atoms with E-state index in [1.807, 2.05) is 18.7 Å². The van der Waals surface area contributed by atoms with Crippen LogP contribution in [0.2, 0.25) is 0 Å². The molecule has 1 unspecified atom stereocenters. The molecule has 1 amide bonds. The van der Waals surface area contributed by atoms with Crippen molar-refractivity contribution in [2.75, 3.05) is 13.1 Å². The SMILES string of the molecule is CC(C)C(N)C(=O)N1CCC2(CCCCC2)C1.Cl. The highest BCUT2D eigenvalue weighted by molar-refractivity contribution is 5.85. The summed E-state index contributed by atoms with van der Waals surface area (Å²) in [5, 5.41) is 0. The van der Waals surface area contributed by atoms with Crippen LogP contribution in [0.5, 0.6) is 0 Å². The van der Waals surface area contributed by atoms with Crippen LogP contribution < -0.4 is 5.73 Å². The summed E-state index contributed by atoms with van der Waals surface area (Å²) in [5.74, 6) is 0.410. The predicted octanol–water partition coefficient (Wildman–Crippen LogP) is 2.57. The summed E-state index contributed by atoms with van der Waals surface area (Å²) < 4.78 is 0. The number of likely N-dealkylation sites (tertiary alicyclic amines) is 1. The van der Waals surface area contributed by atoms with Crippen molar-refractivity contribution in [2.45, 2.75) is 58.4 Å². The van der Waals surface area contributed by atoms with Gasteiger partial charge in [-0.1, -0.05) is 33.1 Å². The molecule has 106 valence electrons. The zero-order valence-electron chi connectivity index (χ0n) is 11.7. The first-order valence-electron chi connectivity index (χ1n) is 7.08. The molecule has 0 aromatic carbocycles. The maximum atomic E-state index is 12.2. The summed E-state index contributed by atoms with van der Waals surface area (Å²) in [7, 11) is 0. The van der Waals surface area contributed by atoms with Crippen LogP contribution >= 0.6 is 12.4 Å². The molecule has 1 heterocycles. The van der Waals surface area contributed by atoms with Crippen LogP contribution in [0.15, 0.2) is 0 Å². The van der Waals surface area contributed by atoms with E-state index in [9.17, 15) is 4.79 Å². The standard InChI is InChI=1S/C14H26N2O.ClH/c1-11(2)12(15)13(17)16-9-8-14(10-16)6-4-3-5-7-14;/h11-12H,3-10,15H2,1-2H3;1H. The largest absolute Gasteiger partial charge is 0.341 e. The van der Waals surface area contributed by atoms with Crippen LogP contribution in [0.25, 0.3) is 0 Å². The second-order valence-corrected chi connectivity index (χ2v) is 6.34. The third kappa shape index (κ3) is 3.18. The lowest BCUT2D eigenvalue weighted by atomic mass is 9.73. The average molecular weight is 275 g/mol. The highest BCUT2D eigenvalue weighted by Crippen LogP contribution is 2.43. The maximum absolute atomic E-state index is 12.2. The topological polar surface area (TPSA) is 46.3 Å². The van der Waals surface area contributed by atoms with Crippen LogP contribution in [0.3, 0.4) is 0 Å². The second kappa shape index (κ2) is 6.25. The van der Waals surface area contributed by atoms with E-state index in [2.05, 4.69) is 0 Å². The van der Waals surface area contributed by atoms with Gasteiger partial charge in [0, 0.05) is 13.1 Å². The number of carbonyl (C=O) groups is 1. The highest BCUT2D eigenvalue weighted by atomic mass is 35.5. The lowest BCUT2D eigenvalue weighted by Crippen LogP contribution is -2.46. The van der Waals surface area contributed by atoms with Crippen LogP contribution in [0.4, 0.5) is 0 Å². The molecule has 0 aromatic rings. The van der Waals surface area contributed by atoms with Gasteiger partial charge in [-0.3, -0.25) is 4.79 Å². The van der Waals surface area contributed by atoms with Gasteiger partial charge in [0.1, 0.15) is 0 Å². The molecule has 0 aromatic heterocycles. The van der Waals surface area contributed by atoms with Gasteiger partial charge >= 0.3 is 0 Å². The smallest absolute Gasteiger partial charge is 0.239 e. The Morgan fingerprint density at radius 2 is 1.78 bits per heavy atom. The number of carbonyl (C=O) groups excluding carboxylic acids is 1. The molecule has 1 aliphatic heterocycles. The Morgan fingerprint density at radius 3 is 2.33 bits per heavy atom. The summed E-state index contributed by atoms with van der Waals surface area (Å²) in [6.45, 7) is 5.94. The van der Waals surface area contributed by atoms with Gasteiger partial charge < -0.3 is 10.6 Å². The minimum absolute atomic E-state index is 0. The van der Waals surface area contributed by atoms with Crippen molar-refractivity contribution in [1.29, 1.82) is 0 Å². The van der Waals surface area contributed by atoms with Crippen molar-refractivity contribution in [2.24, 2.45) is 17.1 Å². The summed E-state index contributed by atoms with van der Waals surface area (Å²) in [4.78, 5) is 14.2. The minimum Gasteiger partial charge on any atom is -0.341 e. The van der Waals surface area contributed by atoms with Gasteiger partial charge in [-0.2, -0.15) is 0 Å². The third-order valence-corrected chi connectivity index (χ3v) is 4.67. The van der Waals surface area contributed by atoms with Crippen molar-refractivity contribution in [3.63, 3.8) is 0 Å². The number of amides is 1. The van der Waals surface area contributed by atoms with Crippen LogP contribution in [0.1, 0.15) is 52.4 Å². The first kappa shape index (κ1) is 15.8. The van der Waals surface area contributed by atoms with E-state index in [1.165, 1.54) is 38.5 Å². The van der Waals surface area contributed by atoms with E-state index in [-0.39, 0.29) is 30.3 Å². The van der Waals surface area contributed by atoms with Gasteiger partial charge in [0.05, 0.1) is 6.04 Å². The number of hydrogen-bond donors (Lipinski definition) is 1. The Kier molecular flexibility index (Phi) is 5.47. The van der Waals surface area contributed by atoms with E-state index in [0.29, 0.717) is 5.41 Å². The molecule has 4 heteroatoms. The highest BCUT2D eigenvalue weighted by Gasteiger charge is 2.41. The van der Waals surface area contributed by atoms with Gasteiger partial charge in [0.15, 0.2) is 0 Å². The van der Waals surface area contributed by atoms with Crippen molar-refractivity contribution >= 4 is 18.3 Å². The normalized spacial score (nSPS) is 24.1. The van der Waals surface area contributed by atoms with Gasteiger partial charge in [-0.25, -0.2) is 0 Å². The fourth-order valence-electron chi connectivity index (χ4n) is 3.33. The van der Waals surface area contributed by atoms with Gasteiger partial charge in [0.25, 0.3) is 0 Å². The zero-order valence-corrected chi connectivity index (χ0v) is 12.5. The molecule has 1 spiro atoms. The second-order valence-electron chi connectivity index (χ2n) is 6.34. The molecule has 1 aliphatic carbocycles. The number of halogens is 1. The molecule has 2 aliphatic rings. The predicted molar refractivity (Wildman–Crippen MR) is 76.8 cm³/mol. The summed E-state index contributed by atoms with van der Waals surface area (Å²) in [5.41, 5.74) is 6.42. The van der Waals surface area contributed by atoms with E-state index >= 15 is 0 Å². The van der Waals surface area contributed by atoms with Crippen molar-refractivity contribution in [1.82, 2.24) is 4.90 Å². The van der Waals surface area contributed by atoms with Crippen molar-refractivity contribution in [3.05, 3.63) is 0 Å². The first-order chi connectivity index (χ1) is 8.04. The molecule has 0 radical (unpaired) electrons. The van der Waals surface area contributed by atoms with Gasteiger partial charge in [-0.05, 0) is 30.6 Å². The van der Waals surface area contributed by atoms with E-state index < -0.39 is 0 Å². The quantitative estimate of drug-likeness (QED) is 0.841. The molecule has 1 atom stereocenters. The monoisotopic (exact) mass is 274 g/mol. The van der Waals surface area contributed by atoms with Gasteiger partial charge in [0.2, 0.25) is 5.91 Å². The summed E-state index contributed by atoms with van der Waals surface area (Å²) in [6, 6.07) is -0.311. The van der Waals surface area contributed by atoms with Crippen LogP contribution in [0, 0.1) is 11.3 Å². The molecule has 2 N–H and O–H groups in total. The molecule has 1 saturated heterocycles. The Balaban J connectivity index is 0.00000162. The average Bonchev–Trinajstić information content (AvgIpc) is 2.72. The van der Waals surface area contributed by atoms with Crippen molar-refractivity contribution in [3.8, 4) is 0 Å². The van der Waals surface area contributed by atoms with E-state index in [4.69, 9.17) is 5.73 Å². The molecule has 1 saturated carbocycles. The minimum atomic E-state index is -0.311. The Labute approximate surface area is 117 Å². The number of rotatable bonds is 2. The summed E-state index contributed by atoms with van der Waals surface area (Å²) >= 11 is 0. The lowest BCUT2D eigenvalue weighted by molar-refractivity contribution is -0.133. The summed E-state index contributed by atoms with van der Waals surface area (Å²) in [6.07, 6.45) is 7.89. The molecular formula is C14H27ClN2O. The Morgan fingerprint density at radius 1 is 1.17 bits per heavy atom. The molecule has 18 heavy (non-hydrogen) atoms. The molecule has 0 bridgehead atoms. The number of hydrogen-bond acceptors (Lipinski definition) is 2. The molecule has 3 nitrogen and oxygen atoms in total. The third-order valence-electron chi connectivity index (χ3n) is 4.67. The Hall–Kier alpha value is -0.280. The van der Waals surface area contributed by atoms with Crippen molar-refractivity contribution < 1.29 is 4.79 Å². The maximum Gasteiger partial charge on any atom is 0.239 e. The van der Waals surface area contributed by atoms with Crippen LogP contribution in [-0.4, -0.2) is 29.9 Å².